The van der Waals surface area contributed by atoms with Gasteiger partial charge in [-0.25, -0.2) is 13.1 Å². The lowest BCUT2D eigenvalue weighted by Gasteiger charge is -2.22. The van der Waals surface area contributed by atoms with Gasteiger partial charge in [0.25, 0.3) is 11.6 Å². The van der Waals surface area contributed by atoms with Gasteiger partial charge in [-0.05, 0) is 37.1 Å². The number of nitro groups is 1. The fourth-order valence-electron chi connectivity index (χ4n) is 3.31. The summed E-state index contributed by atoms with van der Waals surface area (Å²) in [6.45, 7) is -0.408. The average Bonchev–Trinajstić information content (AvgIpc) is 2.73. The lowest BCUT2D eigenvalue weighted by molar-refractivity contribution is -0.384. The van der Waals surface area contributed by atoms with Crippen molar-refractivity contribution in [1.82, 2.24) is 4.72 Å². The number of ether oxygens (including phenoxy) is 1. The number of benzene rings is 2. The Kier molecular flexibility index (Phi) is 7.47. The van der Waals surface area contributed by atoms with Crippen molar-refractivity contribution in [2.75, 3.05) is 11.9 Å². The minimum atomic E-state index is -3.71. The van der Waals surface area contributed by atoms with Crippen LogP contribution in [0.4, 0.5) is 11.4 Å². The fourth-order valence-corrected chi connectivity index (χ4v) is 4.94. The number of nitrogens with one attached hydrogen (secondary N) is 2. The zero-order valence-electron chi connectivity index (χ0n) is 16.5. The van der Waals surface area contributed by atoms with Gasteiger partial charge in [0, 0.05) is 23.9 Å². The van der Waals surface area contributed by atoms with Gasteiger partial charge < -0.3 is 10.1 Å². The first-order valence-electron chi connectivity index (χ1n) is 9.73. The summed E-state index contributed by atoms with van der Waals surface area (Å²) in [5.41, 5.74) is 0.101. The lowest BCUT2D eigenvalue weighted by Crippen LogP contribution is -2.36. The molecule has 1 aliphatic carbocycles. The Morgan fingerprint density at radius 2 is 1.90 bits per heavy atom. The van der Waals surface area contributed by atoms with Crippen molar-refractivity contribution in [3.05, 3.63) is 57.6 Å². The second-order valence-electron chi connectivity index (χ2n) is 7.19. The van der Waals surface area contributed by atoms with Crippen LogP contribution in [-0.4, -0.2) is 31.9 Å². The second kappa shape index (κ2) is 10.1. The van der Waals surface area contributed by atoms with E-state index in [0.717, 1.165) is 32.1 Å². The molecule has 9 nitrogen and oxygen atoms in total. The number of rotatable bonds is 8. The molecule has 0 unspecified atom stereocenters. The van der Waals surface area contributed by atoms with Crippen LogP contribution in [0.3, 0.4) is 0 Å². The van der Waals surface area contributed by atoms with Gasteiger partial charge in [0.2, 0.25) is 10.0 Å². The number of hydrogen-bond acceptors (Lipinski definition) is 6. The molecule has 0 saturated heterocycles. The molecule has 0 heterocycles. The summed E-state index contributed by atoms with van der Waals surface area (Å²) in [7, 11) is -3.71. The molecule has 0 aliphatic heterocycles. The number of halogens is 1. The topological polar surface area (TPSA) is 128 Å². The van der Waals surface area contributed by atoms with Gasteiger partial charge in [0.15, 0.2) is 6.61 Å². The van der Waals surface area contributed by atoms with E-state index in [0.29, 0.717) is 0 Å². The highest BCUT2D eigenvalue weighted by atomic mass is 35.5. The first-order valence-corrected chi connectivity index (χ1v) is 11.6. The van der Waals surface area contributed by atoms with Gasteiger partial charge in [-0.15, -0.1) is 0 Å². The minimum absolute atomic E-state index is 0.0245. The van der Waals surface area contributed by atoms with Gasteiger partial charge in [0.1, 0.15) is 5.75 Å². The molecule has 166 valence electrons. The Morgan fingerprint density at radius 1 is 1.16 bits per heavy atom. The predicted molar refractivity (Wildman–Crippen MR) is 116 cm³/mol. The molecule has 31 heavy (non-hydrogen) atoms. The van der Waals surface area contributed by atoms with E-state index in [1.165, 1.54) is 42.5 Å². The van der Waals surface area contributed by atoms with E-state index in [4.69, 9.17) is 16.3 Å². The average molecular weight is 468 g/mol. The molecule has 0 aromatic heterocycles. The van der Waals surface area contributed by atoms with Gasteiger partial charge >= 0.3 is 0 Å². The normalized spacial score (nSPS) is 14.7. The number of amides is 1. The van der Waals surface area contributed by atoms with Gasteiger partial charge in [-0.2, -0.15) is 0 Å². The molecule has 2 N–H and O–H groups in total. The SMILES string of the molecule is O=C(COc1ccc(S(=O)(=O)NC2CCCCC2)cc1Cl)Nc1cccc([N+](=O)[O-])c1. The quantitative estimate of drug-likeness (QED) is 0.448. The molecule has 2 aromatic rings. The highest BCUT2D eigenvalue weighted by Crippen LogP contribution is 2.28. The van der Waals surface area contributed by atoms with Crippen molar-refractivity contribution >= 4 is 38.9 Å². The molecule has 0 spiro atoms. The Morgan fingerprint density at radius 3 is 2.58 bits per heavy atom. The molecule has 2 aromatic carbocycles. The highest BCUT2D eigenvalue weighted by molar-refractivity contribution is 7.89. The number of carbonyl (C=O) groups is 1. The van der Waals surface area contributed by atoms with Crippen molar-refractivity contribution in [2.45, 2.75) is 43.0 Å². The van der Waals surface area contributed by atoms with Crippen LogP contribution in [-0.2, 0) is 14.8 Å². The van der Waals surface area contributed by atoms with Crippen LogP contribution >= 0.6 is 11.6 Å². The maximum Gasteiger partial charge on any atom is 0.271 e. The maximum absolute atomic E-state index is 12.6. The Labute approximate surface area is 184 Å². The third kappa shape index (κ3) is 6.39. The third-order valence-electron chi connectivity index (χ3n) is 4.84. The van der Waals surface area contributed by atoms with Crippen molar-refractivity contribution in [3.63, 3.8) is 0 Å². The number of nitro benzene ring substituents is 1. The molecule has 0 atom stereocenters. The second-order valence-corrected chi connectivity index (χ2v) is 9.31. The van der Waals surface area contributed by atoms with Crippen LogP contribution in [0.25, 0.3) is 0 Å². The first-order chi connectivity index (χ1) is 14.7. The van der Waals surface area contributed by atoms with E-state index in [-0.39, 0.29) is 33.1 Å². The van der Waals surface area contributed by atoms with Crippen molar-refractivity contribution < 1.29 is 22.9 Å². The highest BCUT2D eigenvalue weighted by Gasteiger charge is 2.22. The lowest BCUT2D eigenvalue weighted by atomic mass is 9.96. The summed E-state index contributed by atoms with van der Waals surface area (Å²) in [5, 5.41) is 13.3. The van der Waals surface area contributed by atoms with Gasteiger partial charge in [-0.3, -0.25) is 14.9 Å². The fraction of sp³-hybridized carbons (Fsp3) is 0.350. The summed E-state index contributed by atoms with van der Waals surface area (Å²) in [6.07, 6.45) is 4.74. The summed E-state index contributed by atoms with van der Waals surface area (Å²) in [6, 6.07) is 9.45. The number of anilines is 1. The number of sulfonamides is 1. The Balaban J connectivity index is 1.59. The molecular formula is C20H22ClN3O6S. The minimum Gasteiger partial charge on any atom is -0.482 e. The van der Waals surface area contributed by atoms with Crippen LogP contribution in [0.15, 0.2) is 47.4 Å². The standard InChI is InChI=1S/C20H22ClN3O6S/c21-18-12-17(31(28,29)23-14-5-2-1-3-6-14)9-10-19(18)30-13-20(25)22-15-7-4-8-16(11-15)24(26)27/h4,7-12,14,23H,1-3,5-6,13H2,(H,22,25). The summed E-state index contributed by atoms with van der Waals surface area (Å²) < 4.78 is 33.3. The van der Waals surface area contributed by atoms with Crippen LogP contribution in [0, 0.1) is 10.1 Å². The molecule has 0 radical (unpaired) electrons. The van der Waals surface area contributed by atoms with Crippen molar-refractivity contribution in [2.24, 2.45) is 0 Å². The molecule has 1 saturated carbocycles. The smallest absolute Gasteiger partial charge is 0.271 e. The number of hydrogen-bond donors (Lipinski definition) is 2. The van der Waals surface area contributed by atoms with E-state index in [2.05, 4.69) is 10.0 Å². The summed E-state index contributed by atoms with van der Waals surface area (Å²) in [5.74, 6) is -0.403. The third-order valence-corrected chi connectivity index (χ3v) is 6.65. The number of carbonyl (C=O) groups excluding carboxylic acids is 1. The monoisotopic (exact) mass is 467 g/mol. The van der Waals surface area contributed by atoms with E-state index in [9.17, 15) is 23.3 Å². The number of non-ortho nitro benzene ring substituents is 1. The Bertz CT molecular complexity index is 1070. The van der Waals surface area contributed by atoms with Crippen LogP contribution in [0.5, 0.6) is 5.75 Å². The zero-order valence-corrected chi connectivity index (χ0v) is 18.1. The predicted octanol–water partition coefficient (Wildman–Crippen LogP) is 3.88. The van der Waals surface area contributed by atoms with Gasteiger partial charge in [-0.1, -0.05) is 36.9 Å². The summed E-state index contributed by atoms with van der Waals surface area (Å²) in [4.78, 5) is 22.3. The molecular weight excluding hydrogens is 446 g/mol. The zero-order chi connectivity index (χ0) is 22.4. The molecule has 0 bridgehead atoms. The van der Waals surface area contributed by atoms with Crippen LogP contribution in [0.2, 0.25) is 5.02 Å². The number of nitrogens with zero attached hydrogens (tertiary/aromatic N) is 1. The first kappa shape index (κ1) is 23.0. The maximum atomic E-state index is 12.6. The molecule has 11 heteroatoms. The van der Waals surface area contributed by atoms with E-state index < -0.39 is 27.5 Å². The van der Waals surface area contributed by atoms with Crippen molar-refractivity contribution in [1.29, 1.82) is 0 Å². The molecule has 1 aliphatic rings. The van der Waals surface area contributed by atoms with E-state index in [1.54, 1.807) is 0 Å². The molecule has 1 fully saturated rings. The molecule has 1 amide bonds. The summed E-state index contributed by atoms with van der Waals surface area (Å²) >= 11 is 6.15. The largest absolute Gasteiger partial charge is 0.482 e. The van der Waals surface area contributed by atoms with Gasteiger partial charge in [0.05, 0.1) is 14.8 Å². The van der Waals surface area contributed by atoms with Crippen LogP contribution in [0.1, 0.15) is 32.1 Å². The van der Waals surface area contributed by atoms with Crippen LogP contribution < -0.4 is 14.8 Å². The van der Waals surface area contributed by atoms with Crippen molar-refractivity contribution in [3.8, 4) is 5.75 Å². The van der Waals surface area contributed by atoms with E-state index >= 15 is 0 Å². The Hall–Kier alpha value is -2.69. The van der Waals surface area contributed by atoms with E-state index in [1.807, 2.05) is 0 Å². The molecule has 3 rings (SSSR count).